The van der Waals surface area contributed by atoms with Crippen LogP contribution in [0.5, 0.6) is 0 Å². The molecule has 0 aliphatic heterocycles. The molecule has 1 unspecified atom stereocenters. The molecule has 1 atom stereocenters. The van der Waals surface area contributed by atoms with E-state index in [1.165, 1.54) is 0 Å². The Kier molecular flexibility index (Phi) is 5.59. The molecule has 0 spiro atoms. The van der Waals surface area contributed by atoms with Gasteiger partial charge in [-0.2, -0.15) is 13.2 Å². The van der Waals surface area contributed by atoms with E-state index in [4.69, 9.17) is 10.5 Å². The summed E-state index contributed by atoms with van der Waals surface area (Å²) in [6, 6.07) is 0. The van der Waals surface area contributed by atoms with Crippen LogP contribution in [-0.2, 0) is 4.74 Å². The zero-order valence-electron chi connectivity index (χ0n) is 9.53. The van der Waals surface area contributed by atoms with Crippen molar-refractivity contribution in [3.8, 4) is 0 Å². The van der Waals surface area contributed by atoms with Crippen molar-refractivity contribution in [2.45, 2.75) is 33.4 Å². The number of nitrogens with two attached hydrogens (primary N) is 1. The molecule has 0 amide bonds. The van der Waals surface area contributed by atoms with E-state index in [0.29, 0.717) is 6.61 Å². The zero-order valence-corrected chi connectivity index (χ0v) is 9.53. The van der Waals surface area contributed by atoms with Crippen molar-refractivity contribution in [1.82, 2.24) is 0 Å². The number of hydrogen-bond donors (Lipinski definition) is 1. The third kappa shape index (κ3) is 7.62. The molecular weight excluding hydrogens is 207 g/mol. The minimum absolute atomic E-state index is 0.0798. The van der Waals surface area contributed by atoms with Gasteiger partial charge in [-0.15, -0.1) is 0 Å². The van der Waals surface area contributed by atoms with Crippen LogP contribution in [0.2, 0.25) is 0 Å². The second-order valence-electron chi connectivity index (χ2n) is 4.86. The monoisotopic (exact) mass is 227 g/mol. The normalized spacial score (nSPS) is 15.4. The van der Waals surface area contributed by atoms with Gasteiger partial charge in [0.25, 0.3) is 0 Å². The number of rotatable bonds is 5. The van der Waals surface area contributed by atoms with Gasteiger partial charge in [0, 0.05) is 13.2 Å². The zero-order chi connectivity index (χ0) is 12.1. The van der Waals surface area contributed by atoms with Crippen LogP contribution in [0.1, 0.15) is 27.2 Å². The Bertz CT molecular complexity index is 174. The molecule has 15 heavy (non-hydrogen) atoms. The standard InChI is InChI=1S/C10H20F3NO/c1-9(2,3)4-5-15-7-8(6-14)10(11,12)13/h8H,4-7,14H2,1-3H3. The molecule has 0 fully saturated rings. The van der Waals surface area contributed by atoms with E-state index >= 15 is 0 Å². The first-order valence-corrected chi connectivity index (χ1v) is 5.01. The van der Waals surface area contributed by atoms with Crippen molar-refractivity contribution < 1.29 is 17.9 Å². The highest BCUT2D eigenvalue weighted by molar-refractivity contribution is 4.68. The highest BCUT2D eigenvalue weighted by atomic mass is 19.4. The highest BCUT2D eigenvalue weighted by Gasteiger charge is 2.38. The maximum Gasteiger partial charge on any atom is 0.395 e. The quantitative estimate of drug-likeness (QED) is 0.733. The summed E-state index contributed by atoms with van der Waals surface area (Å²) in [7, 11) is 0. The summed E-state index contributed by atoms with van der Waals surface area (Å²) in [5.74, 6) is -1.54. The van der Waals surface area contributed by atoms with Crippen LogP contribution in [-0.4, -0.2) is 25.9 Å². The maximum absolute atomic E-state index is 12.2. The maximum atomic E-state index is 12.2. The molecule has 0 aromatic heterocycles. The first-order valence-electron chi connectivity index (χ1n) is 5.01. The van der Waals surface area contributed by atoms with Gasteiger partial charge < -0.3 is 10.5 Å². The molecule has 0 saturated carbocycles. The van der Waals surface area contributed by atoms with E-state index in [2.05, 4.69) is 0 Å². The first-order chi connectivity index (χ1) is 6.67. The largest absolute Gasteiger partial charge is 0.395 e. The summed E-state index contributed by atoms with van der Waals surface area (Å²) in [6.45, 7) is 5.63. The lowest BCUT2D eigenvalue weighted by Crippen LogP contribution is -2.34. The Balaban J connectivity index is 3.75. The number of ether oxygens (including phenoxy) is 1. The summed E-state index contributed by atoms with van der Waals surface area (Å²) in [5.41, 5.74) is 5.11. The van der Waals surface area contributed by atoms with Gasteiger partial charge in [-0.1, -0.05) is 20.8 Å². The summed E-state index contributed by atoms with van der Waals surface area (Å²) < 4.78 is 41.7. The van der Waals surface area contributed by atoms with Gasteiger partial charge in [-0.3, -0.25) is 0 Å². The predicted molar refractivity (Wildman–Crippen MR) is 53.5 cm³/mol. The highest BCUT2D eigenvalue weighted by Crippen LogP contribution is 2.26. The number of hydrogen-bond acceptors (Lipinski definition) is 2. The molecule has 0 bridgehead atoms. The summed E-state index contributed by atoms with van der Waals surface area (Å²) in [5, 5.41) is 0. The van der Waals surface area contributed by atoms with E-state index in [1.54, 1.807) is 0 Å². The SMILES string of the molecule is CC(C)(C)CCOCC(CN)C(F)(F)F. The van der Waals surface area contributed by atoms with E-state index < -0.39 is 18.6 Å². The fourth-order valence-corrected chi connectivity index (χ4v) is 0.900. The van der Waals surface area contributed by atoms with Gasteiger partial charge in [0.1, 0.15) is 0 Å². The van der Waals surface area contributed by atoms with Gasteiger partial charge in [-0.05, 0) is 11.8 Å². The molecule has 92 valence electrons. The fourth-order valence-electron chi connectivity index (χ4n) is 0.900. The molecule has 0 heterocycles. The third-order valence-electron chi connectivity index (χ3n) is 2.06. The lowest BCUT2D eigenvalue weighted by atomic mass is 9.93. The molecule has 0 radical (unpaired) electrons. The van der Waals surface area contributed by atoms with Gasteiger partial charge in [0.2, 0.25) is 0 Å². The van der Waals surface area contributed by atoms with E-state index in [-0.39, 0.29) is 12.0 Å². The Labute approximate surface area is 89.0 Å². The van der Waals surface area contributed by atoms with Crippen molar-refractivity contribution >= 4 is 0 Å². The van der Waals surface area contributed by atoms with Crippen LogP contribution in [0.15, 0.2) is 0 Å². The third-order valence-corrected chi connectivity index (χ3v) is 2.06. The van der Waals surface area contributed by atoms with Crippen LogP contribution in [0.4, 0.5) is 13.2 Å². The molecule has 2 nitrogen and oxygen atoms in total. The van der Waals surface area contributed by atoms with Crippen LogP contribution >= 0.6 is 0 Å². The summed E-state index contributed by atoms with van der Waals surface area (Å²) in [4.78, 5) is 0. The Morgan fingerprint density at radius 2 is 1.73 bits per heavy atom. The number of halogens is 3. The van der Waals surface area contributed by atoms with Crippen LogP contribution < -0.4 is 5.73 Å². The molecule has 5 heteroatoms. The number of alkyl halides is 3. The average molecular weight is 227 g/mol. The van der Waals surface area contributed by atoms with Crippen LogP contribution in [0, 0.1) is 11.3 Å². The minimum atomic E-state index is -4.25. The first kappa shape index (κ1) is 14.7. The predicted octanol–water partition coefficient (Wildman–Crippen LogP) is 2.58. The molecule has 0 aliphatic rings. The smallest absolute Gasteiger partial charge is 0.381 e. The van der Waals surface area contributed by atoms with Gasteiger partial charge >= 0.3 is 6.18 Å². The van der Waals surface area contributed by atoms with Gasteiger partial charge in [0.15, 0.2) is 0 Å². The van der Waals surface area contributed by atoms with Crippen molar-refractivity contribution in [2.75, 3.05) is 19.8 Å². The van der Waals surface area contributed by atoms with Crippen molar-refractivity contribution in [1.29, 1.82) is 0 Å². The second kappa shape index (κ2) is 5.70. The van der Waals surface area contributed by atoms with E-state index in [0.717, 1.165) is 6.42 Å². The van der Waals surface area contributed by atoms with Crippen LogP contribution in [0.25, 0.3) is 0 Å². The topological polar surface area (TPSA) is 35.2 Å². The lowest BCUT2D eigenvalue weighted by Gasteiger charge is -2.21. The van der Waals surface area contributed by atoms with E-state index in [1.807, 2.05) is 20.8 Å². The molecular formula is C10H20F3NO. The molecule has 2 N–H and O–H groups in total. The second-order valence-corrected chi connectivity index (χ2v) is 4.86. The molecule has 0 saturated heterocycles. The Morgan fingerprint density at radius 1 is 1.20 bits per heavy atom. The molecule has 0 rings (SSSR count). The Morgan fingerprint density at radius 3 is 2.07 bits per heavy atom. The molecule has 0 aromatic carbocycles. The fraction of sp³-hybridized carbons (Fsp3) is 1.00. The average Bonchev–Trinajstić information content (AvgIpc) is 1.99. The van der Waals surface area contributed by atoms with Crippen molar-refractivity contribution in [3.05, 3.63) is 0 Å². The van der Waals surface area contributed by atoms with Gasteiger partial charge in [0.05, 0.1) is 12.5 Å². The van der Waals surface area contributed by atoms with E-state index in [9.17, 15) is 13.2 Å². The lowest BCUT2D eigenvalue weighted by molar-refractivity contribution is -0.185. The minimum Gasteiger partial charge on any atom is -0.381 e. The van der Waals surface area contributed by atoms with Crippen molar-refractivity contribution in [2.24, 2.45) is 17.1 Å². The van der Waals surface area contributed by atoms with Crippen LogP contribution in [0.3, 0.4) is 0 Å². The molecule has 0 aliphatic carbocycles. The summed E-state index contributed by atoms with van der Waals surface area (Å²) in [6.07, 6.45) is -3.52. The molecule has 0 aromatic rings. The van der Waals surface area contributed by atoms with Gasteiger partial charge in [-0.25, -0.2) is 0 Å². The van der Waals surface area contributed by atoms with Crippen molar-refractivity contribution in [3.63, 3.8) is 0 Å². The Hall–Kier alpha value is -0.290. The summed E-state index contributed by atoms with van der Waals surface area (Å²) >= 11 is 0.